The normalized spacial score (nSPS) is 4.50. The van der Waals surface area contributed by atoms with E-state index in [-0.39, 0.29) is 78.6 Å². The molecule has 0 N–H and O–H groups in total. The molecule has 0 aromatic heterocycles. The van der Waals surface area contributed by atoms with E-state index in [1.165, 1.54) is 0 Å². The second kappa shape index (κ2) is 11.6. The molecule has 40 valence electrons. The molecule has 0 aromatic rings. The molecule has 0 rings (SSSR count). The zero-order valence-corrected chi connectivity index (χ0v) is 11.2. The van der Waals surface area contributed by atoms with E-state index in [1.54, 1.807) is 0 Å². The molecule has 6 heavy (non-hydrogen) atoms. The number of halogens is 3. The van der Waals surface area contributed by atoms with Crippen LogP contribution in [-0.4, -0.2) is 0 Å². The van der Waals surface area contributed by atoms with Gasteiger partial charge < -0.3 is 0 Å². The second-order valence-electron chi connectivity index (χ2n) is 0.214. The van der Waals surface area contributed by atoms with E-state index >= 15 is 0 Å². The largest absolute Gasteiger partial charge is 0 e. The second-order valence-corrected chi connectivity index (χ2v) is 1.56. The van der Waals surface area contributed by atoms with E-state index in [1.807, 2.05) is 0 Å². The summed E-state index contributed by atoms with van der Waals surface area (Å²) in [7, 11) is 0. The Morgan fingerprint density at radius 3 is 1.00 bits per heavy atom. The molecule has 0 spiro atoms. The van der Waals surface area contributed by atoms with Crippen molar-refractivity contribution in [2.75, 3.05) is 0 Å². The molecule has 0 unspecified atom stereocenters. The molecule has 6 heteroatoms. The van der Waals surface area contributed by atoms with Gasteiger partial charge in [-0.2, -0.15) is 0 Å². The fraction of sp³-hybridized carbons (Fsp3) is 0. The molecule has 0 atom stereocenters. The van der Waals surface area contributed by atoms with Crippen LogP contribution in [-0.2, 0) is 0 Å². The Morgan fingerprint density at radius 1 is 1.00 bits per heavy atom. The van der Waals surface area contributed by atoms with E-state index in [0.29, 0.717) is 0 Å². The summed E-state index contributed by atoms with van der Waals surface area (Å²) in [6.45, 7) is 0. The van der Waals surface area contributed by atoms with Crippen LogP contribution in [0.1, 0.15) is 0 Å². The molecule has 0 amide bonds. The van der Waals surface area contributed by atoms with E-state index in [4.69, 9.17) is 0 Å². The van der Waals surface area contributed by atoms with Crippen molar-refractivity contribution in [3.05, 3.63) is 0 Å². The van der Waals surface area contributed by atoms with Crippen molar-refractivity contribution < 1.29 is 119 Å². The topological polar surface area (TPSA) is 0 Å². The molecule has 0 saturated carbocycles. The summed E-state index contributed by atoms with van der Waals surface area (Å²) in [6, 6.07) is 0. The van der Waals surface area contributed by atoms with E-state index in [2.05, 4.69) is 0 Å². The Labute approximate surface area is 115 Å². The molecular weight excluding hydrogens is 505 g/mol. The minimum Gasteiger partial charge on any atom is 0 e. The molecule has 0 bridgehead atoms. The van der Waals surface area contributed by atoms with Crippen LogP contribution in [0.5, 0.6) is 0 Å². The quantitative estimate of drug-likeness (QED) is 0.466. The van der Waals surface area contributed by atoms with Crippen LogP contribution in [0.15, 0.2) is 0 Å². The molecule has 0 aliphatic carbocycles. The summed E-state index contributed by atoms with van der Waals surface area (Å²) in [5, 5.41) is 0. The molecular formula is CeErF3Pr. The van der Waals surface area contributed by atoms with Gasteiger partial charge >= 0.3 is 40.7 Å². The Balaban J connectivity index is -0.0000000450. The van der Waals surface area contributed by atoms with E-state index in [0.717, 1.165) is 0 Å². The Kier molecular flexibility index (Phi) is 31.6. The van der Waals surface area contributed by atoms with Gasteiger partial charge in [0.1, 0.15) is 0 Å². The average Bonchev–Trinajstić information content (AvgIpc) is 0.811. The predicted molar refractivity (Wildman–Crippen MR) is 3.32 cm³/mol. The summed E-state index contributed by atoms with van der Waals surface area (Å²) in [5.41, 5.74) is 0. The fourth-order valence-corrected chi connectivity index (χ4v) is 0. The van der Waals surface area contributed by atoms with Gasteiger partial charge in [-0.1, -0.05) is 0 Å². The minimum absolute atomic E-state index is 0. The van der Waals surface area contributed by atoms with Crippen LogP contribution in [0.25, 0.3) is 0 Å². The van der Waals surface area contributed by atoms with Crippen LogP contribution in [0, 0.1) is 117 Å². The van der Waals surface area contributed by atoms with E-state index in [9.17, 15) is 2.73 Å². The Hall–Kier alpha value is 3.78. The first-order chi connectivity index (χ1) is 1.73. The van der Waals surface area contributed by atoms with Crippen molar-refractivity contribution in [1.82, 2.24) is 0 Å². The molecule has 0 aliphatic rings. The van der Waals surface area contributed by atoms with Gasteiger partial charge in [-0.05, 0) is 0 Å². The summed E-state index contributed by atoms with van der Waals surface area (Å²) < 4.78 is 29.6. The smallest absolute Gasteiger partial charge is 0 e. The molecule has 0 nitrogen and oxygen atoms in total. The Bertz CT molecular complexity index is 15.5. The summed E-state index contributed by atoms with van der Waals surface area (Å²) in [4.78, 5) is 0. The minimum atomic E-state index is -5.16. The molecule has 1 radical (unpaired) electrons. The zero-order chi connectivity index (χ0) is 3.58. The maximum absolute atomic E-state index is 9.88. The van der Waals surface area contributed by atoms with Gasteiger partial charge in [-0.15, -0.1) is 0 Å². The standard InChI is InChI=1S/Ce.Er.3FH.Pr/h;;3*1H;/q+3;;;;;/p-3. The molecule has 0 aliphatic heterocycles. The molecule has 0 aromatic carbocycles. The zero-order valence-electron chi connectivity index (χ0n) is 2.50. The summed E-state index contributed by atoms with van der Waals surface area (Å²) in [6.07, 6.45) is 0. The van der Waals surface area contributed by atoms with Crippen LogP contribution in [0.2, 0.25) is 0 Å². The summed E-state index contributed by atoms with van der Waals surface area (Å²) in [5.74, 6) is 0. The van der Waals surface area contributed by atoms with Crippen LogP contribution in [0.3, 0.4) is 0 Å². The van der Waals surface area contributed by atoms with Crippen molar-refractivity contribution in [2.24, 2.45) is 0 Å². The third-order valence-corrected chi connectivity index (χ3v) is 0. The maximum atomic E-state index is 9.88. The first kappa shape index (κ1) is 16.4. The average molecular weight is 505 g/mol. The van der Waals surface area contributed by atoms with Gasteiger partial charge in [0.15, 0.2) is 0 Å². The van der Waals surface area contributed by atoms with Crippen LogP contribution < -0.4 is 0 Å². The molecule has 0 saturated heterocycles. The molecule has 0 heterocycles. The summed E-state index contributed by atoms with van der Waals surface area (Å²) >= 11 is -5.16. The number of hydrogen-bond acceptors (Lipinski definition) is 0. The number of hydrogen-bond donors (Lipinski definition) is 0. The van der Waals surface area contributed by atoms with Gasteiger partial charge in [0.2, 0.25) is 0 Å². The predicted octanol–water partition coefficient (Wildman–Crippen LogP) is 1.26. The first-order valence-electron chi connectivity index (χ1n) is 0.567. The van der Waals surface area contributed by atoms with Crippen molar-refractivity contribution in [2.45, 2.75) is 0 Å². The van der Waals surface area contributed by atoms with Gasteiger partial charge in [0.05, 0.1) is 0 Å². The van der Waals surface area contributed by atoms with Gasteiger partial charge in [-0.3, -0.25) is 0 Å². The van der Waals surface area contributed by atoms with Crippen molar-refractivity contribution in [1.29, 1.82) is 0 Å². The molecule has 0 fully saturated rings. The van der Waals surface area contributed by atoms with Crippen molar-refractivity contribution in [3.63, 3.8) is 0 Å². The van der Waals surface area contributed by atoms with E-state index < -0.39 is 37.9 Å². The Morgan fingerprint density at radius 2 is 1.00 bits per heavy atom. The van der Waals surface area contributed by atoms with Crippen molar-refractivity contribution >= 4 is 0 Å². The van der Waals surface area contributed by atoms with Gasteiger partial charge in [0.25, 0.3) is 0 Å². The monoisotopic (exact) mass is 504 g/mol. The number of rotatable bonds is 0. The van der Waals surface area contributed by atoms with Crippen LogP contribution in [0.4, 0.5) is 2.73 Å². The third-order valence-electron chi connectivity index (χ3n) is 0. The van der Waals surface area contributed by atoms with Gasteiger partial charge in [-0.25, -0.2) is 0 Å². The third kappa shape index (κ3) is 25.0. The van der Waals surface area contributed by atoms with Crippen molar-refractivity contribution in [3.8, 4) is 0 Å². The van der Waals surface area contributed by atoms with Crippen LogP contribution >= 0.6 is 0 Å². The first-order valence-corrected chi connectivity index (χ1v) is 4.13. The fourth-order valence-electron chi connectivity index (χ4n) is 0. The van der Waals surface area contributed by atoms with Gasteiger partial charge in [0, 0.05) is 78.6 Å². The SMILES string of the molecule is [Er].[F][Ce]([F])[F].[Pr]. The maximum Gasteiger partial charge on any atom is 0 e.